The summed E-state index contributed by atoms with van der Waals surface area (Å²) in [6.07, 6.45) is 0. The Bertz CT molecular complexity index is 1550. The third-order valence-electron chi connectivity index (χ3n) is 6.47. The number of anilines is 1. The van der Waals surface area contributed by atoms with Gasteiger partial charge in [0, 0.05) is 59.5 Å². The molecule has 2 aromatic rings. The SMILES string of the molecule is C=C(C)C(=O)OCCOC(=O)c1ccccc1-c1c2cc/c(=N\CC)cc-2oc2cc(N(CC)CC)ccc12. The van der Waals surface area contributed by atoms with Crippen molar-refractivity contribution in [3.63, 3.8) is 0 Å². The Morgan fingerprint density at radius 3 is 2.38 bits per heavy atom. The van der Waals surface area contributed by atoms with Crippen LogP contribution >= 0.6 is 0 Å². The zero-order valence-corrected chi connectivity index (χ0v) is 23.0. The lowest BCUT2D eigenvalue weighted by Crippen LogP contribution is -2.21. The van der Waals surface area contributed by atoms with E-state index in [0.29, 0.717) is 29.0 Å². The monoisotopic (exact) mass is 526 g/mol. The zero-order chi connectivity index (χ0) is 27.9. The minimum Gasteiger partial charge on any atom is -0.459 e. The van der Waals surface area contributed by atoms with E-state index >= 15 is 0 Å². The third-order valence-corrected chi connectivity index (χ3v) is 6.47. The van der Waals surface area contributed by atoms with Gasteiger partial charge in [-0.05, 0) is 63.6 Å². The molecule has 0 bridgehead atoms. The van der Waals surface area contributed by atoms with Gasteiger partial charge >= 0.3 is 11.9 Å². The lowest BCUT2D eigenvalue weighted by molar-refractivity contribution is -0.140. The molecule has 1 aliphatic heterocycles. The lowest BCUT2D eigenvalue weighted by atomic mass is 9.90. The van der Waals surface area contributed by atoms with Crippen LogP contribution in [0.15, 0.2) is 82.2 Å². The predicted octanol–water partition coefficient (Wildman–Crippen LogP) is 6.25. The Hall–Kier alpha value is -4.39. The van der Waals surface area contributed by atoms with Gasteiger partial charge in [-0.15, -0.1) is 0 Å². The van der Waals surface area contributed by atoms with Gasteiger partial charge < -0.3 is 18.8 Å². The summed E-state index contributed by atoms with van der Waals surface area (Å²) >= 11 is 0. The van der Waals surface area contributed by atoms with Gasteiger partial charge in [-0.2, -0.15) is 0 Å². The molecule has 1 aliphatic carbocycles. The topological polar surface area (TPSA) is 81.3 Å². The van der Waals surface area contributed by atoms with Gasteiger partial charge in [-0.1, -0.05) is 24.8 Å². The minimum absolute atomic E-state index is 0.0481. The highest BCUT2D eigenvalue weighted by atomic mass is 16.6. The van der Waals surface area contributed by atoms with Gasteiger partial charge in [0.25, 0.3) is 0 Å². The van der Waals surface area contributed by atoms with E-state index in [1.165, 1.54) is 0 Å². The molecule has 0 atom stereocenters. The first-order chi connectivity index (χ1) is 18.9. The molecule has 7 nitrogen and oxygen atoms in total. The van der Waals surface area contributed by atoms with Crippen LogP contribution in [-0.2, 0) is 14.3 Å². The summed E-state index contributed by atoms with van der Waals surface area (Å²) < 4.78 is 17.0. The molecule has 0 saturated heterocycles. The van der Waals surface area contributed by atoms with E-state index in [1.807, 2.05) is 49.4 Å². The molecule has 1 heterocycles. The van der Waals surface area contributed by atoms with E-state index in [9.17, 15) is 9.59 Å². The van der Waals surface area contributed by atoms with Crippen LogP contribution in [0.25, 0.3) is 33.4 Å². The van der Waals surface area contributed by atoms with E-state index in [2.05, 4.69) is 36.4 Å². The summed E-state index contributed by atoms with van der Waals surface area (Å²) in [5, 5.41) is 1.71. The van der Waals surface area contributed by atoms with Crippen LogP contribution in [0.5, 0.6) is 0 Å². The second-order valence-corrected chi connectivity index (χ2v) is 9.08. The van der Waals surface area contributed by atoms with Gasteiger partial charge in [-0.3, -0.25) is 4.99 Å². The molecule has 7 heteroatoms. The van der Waals surface area contributed by atoms with Crippen LogP contribution < -0.4 is 10.3 Å². The average Bonchev–Trinajstić information content (AvgIpc) is 2.94. The van der Waals surface area contributed by atoms with Gasteiger partial charge in [-0.25, -0.2) is 9.59 Å². The summed E-state index contributed by atoms with van der Waals surface area (Å²) in [5.74, 6) is -0.342. The second-order valence-electron chi connectivity index (χ2n) is 9.08. The average molecular weight is 527 g/mol. The fraction of sp³-hybridized carbons (Fsp3) is 0.281. The third kappa shape index (κ3) is 6.03. The Balaban J connectivity index is 1.83. The normalized spacial score (nSPS) is 11.5. The number of hydrogen-bond acceptors (Lipinski definition) is 7. The van der Waals surface area contributed by atoms with Crippen molar-refractivity contribution < 1.29 is 23.5 Å². The smallest absolute Gasteiger partial charge is 0.338 e. The molecule has 0 unspecified atom stereocenters. The summed E-state index contributed by atoms with van der Waals surface area (Å²) in [6.45, 7) is 13.6. The summed E-state index contributed by atoms with van der Waals surface area (Å²) in [4.78, 5) is 31.7. The molecular weight excluding hydrogens is 492 g/mol. The summed E-state index contributed by atoms with van der Waals surface area (Å²) in [6, 6.07) is 19.4. The van der Waals surface area contributed by atoms with E-state index < -0.39 is 11.9 Å². The van der Waals surface area contributed by atoms with Crippen LogP contribution in [0.1, 0.15) is 38.1 Å². The van der Waals surface area contributed by atoms with Crippen molar-refractivity contribution in [2.24, 2.45) is 4.99 Å². The number of hydrogen-bond donors (Lipinski definition) is 0. The number of esters is 2. The molecule has 2 aromatic carbocycles. The minimum atomic E-state index is -0.518. The molecule has 0 aromatic heterocycles. The van der Waals surface area contributed by atoms with Gasteiger partial charge in [0.1, 0.15) is 24.6 Å². The fourth-order valence-corrected chi connectivity index (χ4v) is 4.57. The van der Waals surface area contributed by atoms with Crippen LogP contribution in [-0.4, -0.2) is 44.8 Å². The fourth-order valence-electron chi connectivity index (χ4n) is 4.57. The first kappa shape index (κ1) is 27.6. The lowest BCUT2D eigenvalue weighted by Gasteiger charge is -2.22. The molecule has 0 amide bonds. The molecule has 0 fully saturated rings. The number of benzene rings is 3. The molecule has 2 aliphatic rings. The molecule has 0 N–H and O–H groups in total. The Labute approximate surface area is 228 Å². The Morgan fingerprint density at radius 2 is 1.67 bits per heavy atom. The van der Waals surface area contributed by atoms with Crippen LogP contribution in [0.4, 0.5) is 5.69 Å². The first-order valence-electron chi connectivity index (χ1n) is 13.2. The number of carbonyl (C=O) groups excluding carboxylic acids is 2. The quantitative estimate of drug-likeness (QED) is 0.105. The largest absolute Gasteiger partial charge is 0.459 e. The molecule has 0 saturated carbocycles. The van der Waals surface area contributed by atoms with Gasteiger partial charge in [0.2, 0.25) is 0 Å². The predicted molar refractivity (Wildman–Crippen MR) is 154 cm³/mol. The maximum atomic E-state index is 13.2. The van der Waals surface area contributed by atoms with E-state index in [4.69, 9.17) is 13.9 Å². The highest BCUT2D eigenvalue weighted by molar-refractivity contribution is 6.08. The standard InChI is InChI=1S/C32H34N2O5/c1-6-33-22-13-15-26-28(19-22)39-29-20-23(34(7-2)8-3)14-16-27(29)30(26)24-11-9-10-12-25(24)32(36)38-18-17-37-31(35)21(4)5/h9-16,19-20H,4,6-8,17-18H2,1-3,5H3/b33-22+. The maximum absolute atomic E-state index is 13.2. The number of fused-ring (bicyclic) bond motifs is 2. The molecule has 202 valence electrons. The van der Waals surface area contributed by atoms with Gasteiger partial charge in [0.15, 0.2) is 0 Å². The highest BCUT2D eigenvalue weighted by Crippen LogP contribution is 2.42. The van der Waals surface area contributed by atoms with Crippen molar-refractivity contribution in [2.75, 3.05) is 37.7 Å². The number of rotatable bonds is 10. The van der Waals surface area contributed by atoms with Crippen LogP contribution in [0, 0.1) is 0 Å². The molecule has 0 radical (unpaired) electrons. The van der Waals surface area contributed by atoms with E-state index in [1.54, 1.807) is 19.1 Å². The number of carbonyl (C=O) groups is 2. The number of ether oxygens (including phenoxy) is 2. The maximum Gasteiger partial charge on any atom is 0.338 e. The molecular formula is C32H34N2O5. The second kappa shape index (κ2) is 12.4. The Morgan fingerprint density at radius 1 is 0.923 bits per heavy atom. The first-order valence-corrected chi connectivity index (χ1v) is 13.2. The van der Waals surface area contributed by atoms with Crippen LogP contribution in [0.2, 0.25) is 0 Å². The molecule has 0 spiro atoms. The number of nitrogens with zero attached hydrogens (tertiary/aromatic N) is 2. The van der Waals surface area contributed by atoms with Gasteiger partial charge in [0.05, 0.1) is 10.9 Å². The molecule has 39 heavy (non-hydrogen) atoms. The van der Waals surface area contributed by atoms with Crippen molar-refractivity contribution >= 4 is 28.6 Å². The van der Waals surface area contributed by atoms with Crippen molar-refractivity contribution in [2.45, 2.75) is 27.7 Å². The Kier molecular flexibility index (Phi) is 8.81. The van der Waals surface area contributed by atoms with Crippen LogP contribution in [0.3, 0.4) is 0 Å². The summed E-state index contributed by atoms with van der Waals surface area (Å²) in [5.41, 5.74) is 4.94. The van der Waals surface area contributed by atoms with E-state index in [0.717, 1.165) is 46.2 Å². The summed E-state index contributed by atoms with van der Waals surface area (Å²) in [7, 11) is 0. The van der Waals surface area contributed by atoms with Crippen molar-refractivity contribution in [3.05, 3.63) is 83.7 Å². The highest BCUT2D eigenvalue weighted by Gasteiger charge is 2.22. The van der Waals surface area contributed by atoms with Crippen molar-refractivity contribution in [1.29, 1.82) is 0 Å². The van der Waals surface area contributed by atoms with E-state index in [-0.39, 0.29) is 13.2 Å². The molecule has 4 rings (SSSR count). The zero-order valence-electron chi connectivity index (χ0n) is 23.0. The van der Waals surface area contributed by atoms with Crippen molar-refractivity contribution in [1.82, 2.24) is 0 Å². The van der Waals surface area contributed by atoms with Crippen molar-refractivity contribution in [3.8, 4) is 22.5 Å².